The lowest BCUT2D eigenvalue weighted by molar-refractivity contribution is 0.0845. The first-order valence-electron chi connectivity index (χ1n) is 8.48. The molecule has 2 unspecified atom stereocenters. The maximum Gasteiger partial charge on any atom is 0.180 e. The van der Waals surface area contributed by atoms with E-state index in [2.05, 4.69) is 25.7 Å². The lowest BCUT2D eigenvalue weighted by Crippen LogP contribution is -2.41. The SMILES string of the molecule is CCCOc1ccc(C)cc1C(=O)CN1CC(C)CC(C)C1. The molecule has 1 aliphatic heterocycles. The highest BCUT2D eigenvalue weighted by atomic mass is 16.5. The van der Waals surface area contributed by atoms with Gasteiger partial charge in [0.25, 0.3) is 0 Å². The fraction of sp³-hybridized carbons (Fsp3) is 0.632. The molecule has 2 atom stereocenters. The average Bonchev–Trinajstić information content (AvgIpc) is 2.44. The van der Waals surface area contributed by atoms with E-state index < -0.39 is 0 Å². The molecule has 3 nitrogen and oxygen atoms in total. The second kappa shape index (κ2) is 7.77. The van der Waals surface area contributed by atoms with Crippen molar-refractivity contribution in [2.45, 2.75) is 40.5 Å². The van der Waals surface area contributed by atoms with E-state index in [1.807, 2.05) is 25.1 Å². The maximum atomic E-state index is 12.7. The Labute approximate surface area is 134 Å². The minimum Gasteiger partial charge on any atom is -0.493 e. The van der Waals surface area contributed by atoms with E-state index in [4.69, 9.17) is 4.74 Å². The summed E-state index contributed by atoms with van der Waals surface area (Å²) in [7, 11) is 0. The quantitative estimate of drug-likeness (QED) is 0.745. The zero-order valence-corrected chi connectivity index (χ0v) is 14.4. The number of ether oxygens (including phenoxy) is 1. The van der Waals surface area contributed by atoms with E-state index in [1.54, 1.807) is 0 Å². The Morgan fingerprint density at radius 1 is 1.27 bits per heavy atom. The molecule has 0 saturated carbocycles. The van der Waals surface area contributed by atoms with Crippen molar-refractivity contribution >= 4 is 5.78 Å². The first kappa shape index (κ1) is 17.0. The molecule has 0 amide bonds. The molecular formula is C19H29NO2. The Kier molecular flexibility index (Phi) is 6.01. The number of benzene rings is 1. The van der Waals surface area contributed by atoms with Gasteiger partial charge < -0.3 is 4.74 Å². The van der Waals surface area contributed by atoms with Gasteiger partial charge in [-0.25, -0.2) is 0 Å². The van der Waals surface area contributed by atoms with Crippen LogP contribution >= 0.6 is 0 Å². The summed E-state index contributed by atoms with van der Waals surface area (Å²) in [6.45, 7) is 11.8. The number of nitrogens with zero attached hydrogens (tertiary/aromatic N) is 1. The zero-order valence-electron chi connectivity index (χ0n) is 14.4. The molecule has 1 fully saturated rings. The Morgan fingerprint density at radius 2 is 1.95 bits per heavy atom. The number of ketones is 1. The van der Waals surface area contributed by atoms with Crippen molar-refractivity contribution in [2.24, 2.45) is 11.8 Å². The topological polar surface area (TPSA) is 29.5 Å². The second-order valence-corrected chi connectivity index (χ2v) is 6.91. The minimum absolute atomic E-state index is 0.177. The molecule has 2 rings (SSSR count). The van der Waals surface area contributed by atoms with Crippen LogP contribution in [0, 0.1) is 18.8 Å². The highest BCUT2D eigenvalue weighted by Crippen LogP contribution is 2.24. The van der Waals surface area contributed by atoms with E-state index in [0.717, 1.165) is 36.4 Å². The lowest BCUT2D eigenvalue weighted by atomic mass is 9.91. The molecule has 22 heavy (non-hydrogen) atoms. The molecule has 1 heterocycles. The van der Waals surface area contributed by atoms with Crippen LogP contribution in [0.1, 0.15) is 49.5 Å². The lowest BCUT2D eigenvalue weighted by Gasteiger charge is -2.34. The third kappa shape index (κ3) is 4.57. The van der Waals surface area contributed by atoms with Crippen LogP contribution in [-0.2, 0) is 0 Å². The summed E-state index contributed by atoms with van der Waals surface area (Å²) in [5, 5.41) is 0. The van der Waals surface area contributed by atoms with Gasteiger partial charge in [-0.2, -0.15) is 0 Å². The Bertz CT molecular complexity index is 502. The Morgan fingerprint density at radius 3 is 2.59 bits per heavy atom. The molecule has 0 aliphatic carbocycles. The molecule has 0 radical (unpaired) electrons. The van der Waals surface area contributed by atoms with E-state index in [-0.39, 0.29) is 5.78 Å². The van der Waals surface area contributed by atoms with E-state index >= 15 is 0 Å². The van der Waals surface area contributed by atoms with Crippen LogP contribution < -0.4 is 4.74 Å². The van der Waals surface area contributed by atoms with Crippen LogP contribution in [0.25, 0.3) is 0 Å². The van der Waals surface area contributed by atoms with Crippen LogP contribution in [0.4, 0.5) is 0 Å². The van der Waals surface area contributed by atoms with Crippen molar-refractivity contribution in [3.63, 3.8) is 0 Å². The van der Waals surface area contributed by atoms with Gasteiger partial charge in [0.2, 0.25) is 0 Å². The van der Waals surface area contributed by atoms with Crippen molar-refractivity contribution in [1.82, 2.24) is 4.90 Å². The van der Waals surface area contributed by atoms with Crippen LogP contribution in [0.5, 0.6) is 5.75 Å². The van der Waals surface area contributed by atoms with Gasteiger partial charge in [-0.05, 0) is 43.7 Å². The average molecular weight is 303 g/mol. The second-order valence-electron chi connectivity index (χ2n) is 6.91. The van der Waals surface area contributed by atoms with Gasteiger partial charge in [0.1, 0.15) is 5.75 Å². The largest absolute Gasteiger partial charge is 0.493 e. The highest BCUT2D eigenvalue weighted by molar-refractivity contribution is 6.00. The van der Waals surface area contributed by atoms with Crippen molar-refractivity contribution in [2.75, 3.05) is 26.2 Å². The molecule has 1 aromatic carbocycles. The fourth-order valence-corrected chi connectivity index (χ4v) is 3.41. The summed E-state index contributed by atoms with van der Waals surface area (Å²) in [5.74, 6) is 2.25. The first-order chi connectivity index (χ1) is 10.5. The van der Waals surface area contributed by atoms with E-state index in [1.165, 1.54) is 6.42 Å². The van der Waals surface area contributed by atoms with E-state index in [9.17, 15) is 4.79 Å². The first-order valence-corrected chi connectivity index (χ1v) is 8.48. The summed E-state index contributed by atoms with van der Waals surface area (Å²) in [4.78, 5) is 15.0. The van der Waals surface area contributed by atoms with Gasteiger partial charge in [0, 0.05) is 13.1 Å². The molecular weight excluding hydrogens is 274 g/mol. The Balaban J connectivity index is 2.09. The van der Waals surface area contributed by atoms with Crippen LogP contribution in [0.15, 0.2) is 18.2 Å². The van der Waals surface area contributed by atoms with Crippen LogP contribution in [-0.4, -0.2) is 36.9 Å². The summed E-state index contributed by atoms with van der Waals surface area (Å²) in [6.07, 6.45) is 2.21. The zero-order chi connectivity index (χ0) is 16.1. The normalized spacial score (nSPS) is 22.5. The van der Waals surface area contributed by atoms with Gasteiger partial charge in [0.05, 0.1) is 18.7 Å². The molecule has 0 aromatic heterocycles. The van der Waals surface area contributed by atoms with E-state index in [0.29, 0.717) is 25.0 Å². The van der Waals surface area contributed by atoms with Gasteiger partial charge in [-0.1, -0.05) is 32.4 Å². The third-order valence-corrected chi connectivity index (χ3v) is 4.21. The number of hydrogen-bond acceptors (Lipinski definition) is 3. The Hall–Kier alpha value is -1.35. The number of hydrogen-bond donors (Lipinski definition) is 0. The van der Waals surface area contributed by atoms with Crippen molar-refractivity contribution in [3.05, 3.63) is 29.3 Å². The summed E-state index contributed by atoms with van der Waals surface area (Å²) < 4.78 is 5.75. The predicted molar refractivity (Wildman–Crippen MR) is 90.7 cm³/mol. The number of piperidine rings is 1. The van der Waals surface area contributed by atoms with Gasteiger partial charge in [-0.3, -0.25) is 9.69 Å². The number of carbonyl (C=O) groups is 1. The van der Waals surface area contributed by atoms with Crippen molar-refractivity contribution in [3.8, 4) is 5.75 Å². The van der Waals surface area contributed by atoms with Gasteiger partial charge in [-0.15, -0.1) is 0 Å². The summed E-state index contributed by atoms with van der Waals surface area (Å²) >= 11 is 0. The van der Waals surface area contributed by atoms with Crippen molar-refractivity contribution < 1.29 is 9.53 Å². The minimum atomic E-state index is 0.177. The molecule has 1 aliphatic rings. The monoisotopic (exact) mass is 303 g/mol. The van der Waals surface area contributed by atoms with Crippen LogP contribution in [0.3, 0.4) is 0 Å². The fourth-order valence-electron chi connectivity index (χ4n) is 3.41. The standard InChI is InChI=1S/C19H29NO2/c1-5-8-22-19-7-6-14(2)10-17(19)18(21)13-20-11-15(3)9-16(4)12-20/h6-7,10,15-16H,5,8-9,11-13H2,1-4H3. The third-order valence-electron chi connectivity index (χ3n) is 4.21. The summed E-state index contributed by atoms with van der Waals surface area (Å²) in [5.41, 5.74) is 1.84. The number of rotatable bonds is 6. The molecule has 0 N–H and O–H groups in total. The number of likely N-dealkylation sites (tertiary alicyclic amines) is 1. The number of aryl methyl sites for hydroxylation is 1. The molecule has 3 heteroatoms. The van der Waals surface area contributed by atoms with Gasteiger partial charge in [0.15, 0.2) is 5.78 Å². The summed E-state index contributed by atoms with van der Waals surface area (Å²) in [6, 6.07) is 5.90. The highest BCUT2D eigenvalue weighted by Gasteiger charge is 2.24. The number of Topliss-reactive ketones (excluding diaryl/α,β-unsaturated/α-hetero) is 1. The predicted octanol–water partition coefficient (Wildman–Crippen LogP) is 3.94. The van der Waals surface area contributed by atoms with Crippen LogP contribution in [0.2, 0.25) is 0 Å². The molecule has 0 spiro atoms. The van der Waals surface area contributed by atoms with Gasteiger partial charge >= 0.3 is 0 Å². The molecule has 1 saturated heterocycles. The number of carbonyl (C=O) groups excluding carboxylic acids is 1. The molecule has 0 bridgehead atoms. The van der Waals surface area contributed by atoms with Crippen molar-refractivity contribution in [1.29, 1.82) is 0 Å². The maximum absolute atomic E-state index is 12.7. The molecule has 1 aromatic rings. The smallest absolute Gasteiger partial charge is 0.180 e. The molecule has 122 valence electrons.